The molecule has 0 spiro atoms. The topological polar surface area (TPSA) is 61.4 Å². The van der Waals surface area contributed by atoms with E-state index >= 15 is 0 Å². The summed E-state index contributed by atoms with van der Waals surface area (Å²) >= 11 is 0. The summed E-state index contributed by atoms with van der Waals surface area (Å²) in [5, 5.41) is 15.8. The number of hydrogen-bond donors (Lipinski definition) is 3. The predicted molar refractivity (Wildman–Crippen MR) is 103 cm³/mol. The van der Waals surface area contributed by atoms with Crippen LogP contribution < -0.4 is 10.6 Å². The maximum absolute atomic E-state index is 12.4. The molecule has 1 amide bonds. The van der Waals surface area contributed by atoms with Crippen molar-refractivity contribution in [3.8, 4) is 0 Å². The van der Waals surface area contributed by atoms with Crippen molar-refractivity contribution in [1.29, 1.82) is 0 Å². The number of amides is 1. The monoisotopic (exact) mass is 366 g/mol. The third-order valence-electron chi connectivity index (χ3n) is 5.78. The number of rotatable bonds is 5. The second-order valence-corrected chi connectivity index (χ2v) is 7.83. The molecule has 1 aromatic carbocycles. The Hall–Kier alpha value is -1.10. The van der Waals surface area contributed by atoms with Gasteiger partial charge in [-0.3, -0.25) is 4.79 Å². The van der Waals surface area contributed by atoms with Gasteiger partial charge in [0.2, 0.25) is 5.91 Å². The maximum Gasteiger partial charge on any atom is 0.237 e. The standard InChI is InChI=1S/C20H30N2O2.ClH/c1-14(2)15-5-7-16(8-6-15)20(9-3-4-10-20)13-22-19(24)18-11-17(23)12-21-18;/h5-8,14,17-18,21,23H,3-4,9-13H2,1-2H3,(H,22,24);1H. The van der Waals surface area contributed by atoms with Crippen molar-refractivity contribution < 1.29 is 9.90 Å². The Labute approximate surface area is 157 Å². The highest BCUT2D eigenvalue weighted by Crippen LogP contribution is 2.41. The summed E-state index contributed by atoms with van der Waals surface area (Å²) in [4.78, 5) is 12.4. The average molecular weight is 367 g/mol. The second-order valence-electron chi connectivity index (χ2n) is 7.83. The van der Waals surface area contributed by atoms with Crippen LogP contribution in [0.4, 0.5) is 0 Å². The van der Waals surface area contributed by atoms with Crippen molar-refractivity contribution >= 4 is 18.3 Å². The lowest BCUT2D eigenvalue weighted by molar-refractivity contribution is -0.123. The van der Waals surface area contributed by atoms with Gasteiger partial charge in [0.05, 0.1) is 12.1 Å². The van der Waals surface area contributed by atoms with Gasteiger partial charge in [0.1, 0.15) is 0 Å². The van der Waals surface area contributed by atoms with Gasteiger partial charge < -0.3 is 15.7 Å². The summed E-state index contributed by atoms with van der Waals surface area (Å²) in [6.07, 6.45) is 4.83. The Kier molecular flexibility index (Phi) is 6.89. The number of aliphatic hydroxyl groups is 1. The molecule has 25 heavy (non-hydrogen) atoms. The van der Waals surface area contributed by atoms with E-state index in [-0.39, 0.29) is 29.8 Å². The van der Waals surface area contributed by atoms with Gasteiger partial charge in [-0.1, -0.05) is 51.0 Å². The molecule has 2 atom stereocenters. The van der Waals surface area contributed by atoms with E-state index < -0.39 is 6.10 Å². The lowest BCUT2D eigenvalue weighted by Crippen LogP contribution is -2.46. The molecule has 1 saturated carbocycles. The Balaban J connectivity index is 0.00000225. The molecule has 0 bridgehead atoms. The molecular weight excluding hydrogens is 336 g/mol. The molecular formula is C20H31ClN2O2. The largest absolute Gasteiger partial charge is 0.392 e. The molecule has 1 aliphatic carbocycles. The Bertz CT molecular complexity index is 568. The molecule has 5 heteroatoms. The van der Waals surface area contributed by atoms with Crippen LogP contribution in [0.15, 0.2) is 24.3 Å². The van der Waals surface area contributed by atoms with Gasteiger partial charge in [0.25, 0.3) is 0 Å². The number of benzene rings is 1. The lowest BCUT2D eigenvalue weighted by Gasteiger charge is -2.31. The van der Waals surface area contributed by atoms with Crippen molar-refractivity contribution in [2.24, 2.45) is 0 Å². The van der Waals surface area contributed by atoms with E-state index in [2.05, 4.69) is 48.7 Å². The third kappa shape index (κ3) is 4.55. The summed E-state index contributed by atoms with van der Waals surface area (Å²) in [5.74, 6) is 0.565. The molecule has 0 radical (unpaired) electrons. The molecule has 4 nitrogen and oxygen atoms in total. The molecule has 1 aliphatic heterocycles. The Morgan fingerprint density at radius 1 is 1.28 bits per heavy atom. The molecule has 0 aromatic heterocycles. The summed E-state index contributed by atoms with van der Waals surface area (Å²) in [6.45, 7) is 5.63. The zero-order valence-corrected chi connectivity index (χ0v) is 16.1. The SMILES string of the molecule is CC(C)c1ccc(C2(CNC(=O)C3CC(O)CN3)CCCC2)cc1.Cl. The first-order chi connectivity index (χ1) is 11.5. The van der Waals surface area contributed by atoms with Crippen molar-refractivity contribution in [1.82, 2.24) is 10.6 Å². The van der Waals surface area contributed by atoms with Gasteiger partial charge in [-0.2, -0.15) is 0 Å². The van der Waals surface area contributed by atoms with Crippen molar-refractivity contribution in [3.05, 3.63) is 35.4 Å². The van der Waals surface area contributed by atoms with E-state index in [1.54, 1.807) is 0 Å². The summed E-state index contributed by atoms with van der Waals surface area (Å²) < 4.78 is 0. The summed E-state index contributed by atoms with van der Waals surface area (Å²) in [6, 6.07) is 8.73. The minimum atomic E-state index is -0.398. The fourth-order valence-electron chi connectivity index (χ4n) is 4.14. The quantitative estimate of drug-likeness (QED) is 0.750. The van der Waals surface area contributed by atoms with Gasteiger partial charge in [-0.05, 0) is 36.3 Å². The van der Waals surface area contributed by atoms with Crippen LogP contribution in [0.2, 0.25) is 0 Å². The fraction of sp³-hybridized carbons (Fsp3) is 0.650. The van der Waals surface area contributed by atoms with Gasteiger partial charge in [-0.25, -0.2) is 0 Å². The number of hydrogen-bond acceptors (Lipinski definition) is 3. The number of nitrogens with one attached hydrogen (secondary N) is 2. The highest BCUT2D eigenvalue weighted by molar-refractivity contribution is 5.85. The van der Waals surface area contributed by atoms with Gasteiger partial charge in [0.15, 0.2) is 0 Å². The lowest BCUT2D eigenvalue weighted by atomic mass is 9.78. The number of carbonyl (C=O) groups is 1. The van der Waals surface area contributed by atoms with Crippen LogP contribution in [-0.4, -0.2) is 36.2 Å². The van der Waals surface area contributed by atoms with E-state index in [0.29, 0.717) is 25.4 Å². The summed E-state index contributed by atoms with van der Waals surface area (Å²) in [7, 11) is 0. The van der Waals surface area contributed by atoms with E-state index in [4.69, 9.17) is 0 Å². The molecule has 2 aliphatic rings. The van der Waals surface area contributed by atoms with Crippen LogP contribution in [0.25, 0.3) is 0 Å². The molecule has 1 saturated heterocycles. The van der Waals surface area contributed by atoms with Crippen LogP contribution in [0.3, 0.4) is 0 Å². The third-order valence-corrected chi connectivity index (χ3v) is 5.78. The molecule has 3 N–H and O–H groups in total. The number of carbonyl (C=O) groups excluding carboxylic acids is 1. The average Bonchev–Trinajstić information content (AvgIpc) is 3.22. The van der Waals surface area contributed by atoms with Crippen LogP contribution in [0, 0.1) is 0 Å². The number of aliphatic hydroxyl groups excluding tert-OH is 1. The molecule has 140 valence electrons. The van der Waals surface area contributed by atoms with E-state index in [1.807, 2.05) is 0 Å². The predicted octanol–water partition coefficient (Wildman–Crippen LogP) is 2.88. The first-order valence-corrected chi connectivity index (χ1v) is 9.30. The first kappa shape index (κ1) is 20.2. The number of β-amino-alcohol motifs (C(OH)–C–C–N with tert-alkyl or cyclic N) is 1. The molecule has 1 heterocycles. The van der Waals surface area contributed by atoms with Gasteiger partial charge >= 0.3 is 0 Å². The van der Waals surface area contributed by atoms with Crippen LogP contribution >= 0.6 is 12.4 Å². The zero-order chi connectivity index (χ0) is 17.2. The highest BCUT2D eigenvalue weighted by Gasteiger charge is 2.37. The highest BCUT2D eigenvalue weighted by atomic mass is 35.5. The Morgan fingerprint density at radius 2 is 1.92 bits per heavy atom. The van der Waals surface area contributed by atoms with Crippen LogP contribution in [-0.2, 0) is 10.2 Å². The van der Waals surface area contributed by atoms with Gasteiger partial charge in [-0.15, -0.1) is 12.4 Å². The molecule has 2 unspecified atom stereocenters. The summed E-state index contributed by atoms with van der Waals surface area (Å²) in [5.41, 5.74) is 2.78. The normalized spacial score (nSPS) is 25.0. The molecule has 2 fully saturated rings. The van der Waals surface area contributed by atoms with Crippen LogP contribution in [0.1, 0.15) is 63.0 Å². The van der Waals surface area contributed by atoms with E-state index in [0.717, 1.165) is 12.8 Å². The Morgan fingerprint density at radius 3 is 2.44 bits per heavy atom. The minimum absolute atomic E-state index is 0. The van der Waals surface area contributed by atoms with Gasteiger partial charge in [0, 0.05) is 18.5 Å². The smallest absolute Gasteiger partial charge is 0.237 e. The molecule has 1 aromatic rings. The van der Waals surface area contributed by atoms with E-state index in [1.165, 1.54) is 24.0 Å². The minimum Gasteiger partial charge on any atom is -0.392 e. The van der Waals surface area contributed by atoms with Crippen molar-refractivity contribution in [2.45, 2.75) is 69.4 Å². The first-order valence-electron chi connectivity index (χ1n) is 9.30. The van der Waals surface area contributed by atoms with Crippen molar-refractivity contribution in [3.63, 3.8) is 0 Å². The maximum atomic E-state index is 12.4. The zero-order valence-electron chi connectivity index (χ0n) is 15.3. The fourth-order valence-corrected chi connectivity index (χ4v) is 4.14. The number of halogens is 1. The van der Waals surface area contributed by atoms with Crippen LogP contribution in [0.5, 0.6) is 0 Å². The van der Waals surface area contributed by atoms with Crippen molar-refractivity contribution in [2.75, 3.05) is 13.1 Å². The van der Waals surface area contributed by atoms with E-state index in [9.17, 15) is 9.90 Å². The molecule has 3 rings (SSSR count). The second kappa shape index (κ2) is 8.52.